The zero-order valence-corrected chi connectivity index (χ0v) is 17.3. The zero-order valence-electron chi connectivity index (χ0n) is 16.5. The Labute approximate surface area is 178 Å². The van der Waals surface area contributed by atoms with Crippen LogP contribution < -0.4 is 5.32 Å². The van der Waals surface area contributed by atoms with Gasteiger partial charge in [0.1, 0.15) is 6.04 Å². The summed E-state index contributed by atoms with van der Waals surface area (Å²) in [5.41, 5.74) is 1.95. The number of hydrogen-bond donors (Lipinski definition) is 1. The van der Waals surface area contributed by atoms with Gasteiger partial charge >= 0.3 is 0 Å². The molecule has 1 aliphatic rings. The van der Waals surface area contributed by atoms with Gasteiger partial charge in [0.05, 0.1) is 10.6 Å². The van der Waals surface area contributed by atoms with Crippen molar-refractivity contribution in [3.63, 3.8) is 0 Å². The van der Waals surface area contributed by atoms with Crippen molar-refractivity contribution in [2.45, 2.75) is 25.8 Å². The third kappa shape index (κ3) is 4.02. The van der Waals surface area contributed by atoms with Gasteiger partial charge in [0.2, 0.25) is 5.91 Å². The molecule has 2 amide bonds. The molecule has 3 aromatic rings. The van der Waals surface area contributed by atoms with Crippen LogP contribution in [-0.4, -0.2) is 40.1 Å². The molecule has 1 fully saturated rings. The van der Waals surface area contributed by atoms with E-state index in [0.717, 1.165) is 23.3 Å². The molecule has 0 unspecified atom stereocenters. The number of benzene rings is 2. The molecule has 30 heavy (non-hydrogen) atoms. The summed E-state index contributed by atoms with van der Waals surface area (Å²) in [7, 11) is 0. The number of anilines is 1. The first kappa shape index (κ1) is 20.0. The van der Waals surface area contributed by atoms with Gasteiger partial charge in [-0.3, -0.25) is 14.4 Å². The molecule has 2 heterocycles. The minimum Gasteiger partial charge on any atom is -0.327 e. The maximum absolute atomic E-state index is 13.0. The monoisotopic (exact) mass is 419 g/mol. The van der Waals surface area contributed by atoms with Crippen LogP contribution in [0.15, 0.2) is 60.7 Å². The van der Waals surface area contributed by atoms with Crippen molar-refractivity contribution in [2.75, 3.05) is 11.9 Å². The van der Waals surface area contributed by atoms with Crippen molar-refractivity contribution in [1.29, 1.82) is 0 Å². The van der Waals surface area contributed by atoms with Gasteiger partial charge < -0.3 is 10.2 Å². The van der Waals surface area contributed by atoms with Gasteiger partial charge in [0, 0.05) is 24.6 Å². The van der Waals surface area contributed by atoms with Gasteiger partial charge in [-0.2, -0.15) is 0 Å². The predicted octanol–water partition coefficient (Wildman–Crippen LogP) is 4.26. The summed E-state index contributed by atoms with van der Waals surface area (Å²) >= 11 is 1.16. The molecule has 1 saturated heterocycles. The SMILES string of the molecule is CC(=O)c1sc(NC(=O)[C@@H]2CCCN2C(=O)c2ccccc2)nc1-c1ccccc1. The molecule has 1 N–H and O–H groups in total. The minimum absolute atomic E-state index is 0.103. The van der Waals surface area contributed by atoms with E-state index in [1.165, 1.54) is 6.92 Å². The molecule has 0 radical (unpaired) electrons. The second-order valence-corrected chi connectivity index (χ2v) is 8.13. The van der Waals surface area contributed by atoms with E-state index in [4.69, 9.17) is 0 Å². The number of nitrogens with one attached hydrogen (secondary N) is 1. The molecule has 1 atom stereocenters. The molecular weight excluding hydrogens is 398 g/mol. The number of rotatable bonds is 5. The standard InChI is InChI=1S/C23H21N3O3S/c1-15(27)20-19(16-9-4-2-5-10-16)24-23(30-20)25-21(28)18-13-8-14-26(18)22(29)17-11-6-3-7-12-17/h2-7,9-12,18H,8,13-14H2,1H3,(H,24,25,28)/t18-/m0/s1. The van der Waals surface area contributed by atoms with Crippen molar-refractivity contribution in [1.82, 2.24) is 9.88 Å². The molecule has 4 rings (SSSR count). The number of hydrogen-bond acceptors (Lipinski definition) is 5. The first-order valence-corrected chi connectivity index (χ1v) is 10.6. The molecule has 6 nitrogen and oxygen atoms in total. The summed E-state index contributed by atoms with van der Waals surface area (Å²) in [6, 6.07) is 17.8. The van der Waals surface area contributed by atoms with Crippen LogP contribution in [-0.2, 0) is 4.79 Å². The normalized spacial score (nSPS) is 15.8. The second kappa shape index (κ2) is 8.59. The molecule has 0 saturated carbocycles. The molecule has 7 heteroatoms. The molecule has 152 valence electrons. The summed E-state index contributed by atoms with van der Waals surface area (Å²) in [5, 5.41) is 3.19. The van der Waals surface area contributed by atoms with Crippen molar-refractivity contribution in [3.8, 4) is 11.3 Å². The lowest BCUT2D eigenvalue weighted by Gasteiger charge is -2.23. The molecular formula is C23H21N3O3S. The van der Waals surface area contributed by atoms with E-state index in [1.807, 2.05) is 48.5 Å². The Bertz CT molecular complexity index is 1080. The van der Waals surface area contributed by atoms with E-state index in [2.05, 4.69) is 10.3 Å². The van der Waals surface area contributed by atoms with Crippen LogP contribution in [0.4, 0.5) is 5.13 Å². The van der Waals surface area contributed by atoms with Gasteiger partial charge in [-0.25, -0.2) is 4.98 Å². The highest BCUT2D eigenvalue weighted by atomic mass is 32.1. The lowest BCUT2D eigenvalue weighted by atomic mass is 10.1. The minimum atomic E-state index is -0.553. The van der Waals surface area contributed by atoms with Crippen LogP contribution in [0.25, 0.3) is 11.3 Å². The van der Waals surface area contributed by atoms with Crippen LogP contribution in [0.1, 0.15) is 39.8 Å². The Morgan fingerprint density at radius 2 is 1.70 bits per heavy atom. The van der Waals surface area contributed by atoms with Crippen LogP contribution in [0.5, 0.6) is 0 Å². The van der Waals surface area contributed by atoms with Crippen LogP contribution in [0.3, 0.4) is 0 Å². The number of aromatic nitrogens is 1. The molecule has 1 aliphatic heterocycles. The Balaban J connectivity index is 1.55. The number of Topliss-reactive ketones (excluding diaryl/α,β-unsaturated/α-hetero) is 1. The Morgan fingerprint density at radius 3 is 2.37 bits per heavy atom. The highest BCUT2D eigenvalue weighted by Crippen LogP contribution is 2.32. The summed E-state index contributed by atoms with van der Waals surface area (Å²) in [6.45, 7) is 2.03. The summed E-state index contributed by atoms with van der Waals surface area (Å²) < 4.78 is 0. The van der Waals surface area contributed by atoms with E-state index in [1.54, 1.807) is 17.0 Å². The van der Waals surface area contributed by atoms with Gasteiger partial charge in [0.25, 0.3) is 5.91 Å². The van der Waals surface area contributed by atoms with E-state index < -0.39 is 6.04 Å². The Morgan fingerprint density at radius 1 is 1.03 bits per heavy atom. The number of carbonyl (C=O) groups is 3. The maximum Gasteiger partial charge on any atom is 0.254 e. The third-order valence-electron chi connectivity index (χ3n) is 5.06. The predicted molar refractivity (Wildman–Crippen MR) is 117 cm³/mol. The quantitative estimate of drug-likeness (QED) is 0.627. The van der Waals surface area contributed by atoms with Gasteiger partial charge in [-0.1, -0.05) is 59.9 Å². The van der Waals surface area contributed by atoms with Crippen LogP contribution in [0, 0.1) is 0 Å². The molecule has 1 aromatic heterocycles. The topological polar surface area (TPSA) is 79.4 Å². The van der Waals surface area contributed by atoms with Crippen LogP contribution in [0.2, 0.25) is 0 Å². The lowest BCUT2D eigenvalue weighted by Crippen LogP contribution is -2.43. The summed E-state index contributed by atoms with van der Waals surface area (Å²) in [4.78, 5) is 44.5. The molecule has 0 spiro atoms. The van der Waals surface area contributed by atoms with Crippen molar-refractivity contribution in [2.24, 2.45) is 0 Å². The third-order valence-corrected chi connectivity index (χ3v) is 6.13. The fourth-order valence-electron chi connectivity index (χ4n) is 3.62. The fraction of sp³-hybridized carbons (Fsp3) is 0.217. The fourth-order valence-corrected chi connectivity index (χ4v) is 4.51. The lowest BCUT2D eigenvalue weighted by molar-refractivity contribution is -0.119. The van der Waals surface area contributed by atoms with E-state index in [0.29, 0.717) is 34.2 Å². The van der Waals surface area contributed by atoms with Gasteiger partial charge in [-0.05, 0) is 25.0 Å². The largest absolute Gasteiger partial charge is 0.327 e. The Kier molecular flexibility index (Phi) is 5.72. The molecule has 2 aromatic carbocycles. The number of nitrogens with zero attached hydrogens (tertiary/aromatic N) is 2. The van der Waals surface area contributed by atoms with Crippen molar-refractivity contribution >= 4 is 34.1 Å². The molecule has 0 aliphatic carbocycles. The highest BCUT2D eigenvalue weighted by molar-refractivity contribution is 7.18. The number of likely N-dealkylation sites (tertiary alicyclic amines) is 1. The smallest absolute Gasteiger partial charge is 0.254 e. The maximum atomic E-state index is 13.0. The average Bonchev–Trinajstić information content (AvgIpc) is 3.42. The van der Waals surface area contributed by atoms with Crippen molar-refractivity contribution < 1.29 is 14.4 Å². The number of carbonyl (C=O) groups excluding carboxylic acids is 3. The van der Waals surface area contributed by atoms with Crippen molar-refractivity contribution in [3.05, 3.63) is 71.1 Å². The first-order valence-electron chi connectivity index (χ1n) is 9.78. The number of amides is 2. The first-order chi connectivity index (χ1) is 14.5. The second-order valence-electron chi connectivity index (χ2n) is 7.13. The Hall–Kier alpha value is -3.32. The van der Waals surface area contributed by atoms with Crippen LogP contribution >= 0.6 is 11.3 Å². The van der Waals surface area contributed by atoms with E-state index in [9.17, 15) is 14.4 Å². The van der Waals surface area contributed by atoms with Gasteiger partial charge in [-0.15, -0.1) is 0 Å². The van der Waals surface area contributed by atoms with E-state index in [-0.39, 0.29) is 17.6 Å². The van der Waals surface area contributed by atoms with E-state index >= 15 is 0 Å². The number of thiazole rings is 1. The highest BCUT2D eigenvalue weighted by Gasteiger charge is 2.35. The van der Waals surface area contributed by atoms with Gasteiger partial charge in [0.15, 0.2) is 10.9 Å². The number of ketones is 1. The molecule has 0 bridgehead atoms. The summed E-state index contributed by atoms with van der Waals surface area (Å²) in [6.07, 6.45) is 1.36. The zero-order chi connectivity index (χ0) is 21.1. The summed E-state index contributed by atoms with van der Waals surface area (Å²) in [5.74, 6) is -0.532. The average molecular weight is 420 g/mol.